The highest BCUT2D eigenvalue weighted by Crippen LogP contribution is 2.26. The third-order valence-corrected chi connectivity index (χ3v) is 6.21. The topological polar surface area (TPSA) is 84.5 Å². The molecule has 1 amide bonds. The maximum atomic E-state index is 12.7. The van der Waals surface area contributed by atoms with E-state index in [1.807, 2.05) is 32.0 Å². The fourth-order valence-corrected chi connectivity index (χ4v) is 3.99. The number of para-hydroxylation sites is 2. The van der Waals surface area contributed by atoms with Crippen LogP contribution in [0.25, 0.3) is 6.08 Å². The van der Waals surface area contributed by atoms with Crippen molar-refractivity contribution in [2.45, 2.75) is 18.7 Å². The van der Waals surface area contributed by atoms with Gasteiger partial charge in [-0.25, -0.2) is 8.42 Å². The summed E-state index contributed by atoms with van der Waals surface area (Å²) >= 11 is 0. The summed E-state index contributed by atoms with van der Waals surface area (Å²) in [7, 11) is -2.30. The summed E-state index contributed by atoms with van der Waals surface area (Å²) < 4.78 is 33.0. The van der Waals surface area contributed by atoms with Gasteiger partial charge in [-0.05, 0) is 66.9 Å². The molecule has 0 spiro atoms. The Morgan fingerprint density at radius 1 is 0.903 bits per heavy atom. The Morgan fingerprint density at radius 2 is 1.58 bits per heavy atom. The number of aryl methyl sites for hydroxylation is 1. The fourth-order valence-electron chi connectivity index (χ4n) is 2.92. The second-order valence-corrected chi connectivity index (χ2v) is 8.63. The Balaban J connectivity index is 1.69. The number of amides is 1. The van der Waals surface area contributed by atoms with Crippen LogP contribution in [0, 0.1) is 13.8 Å². The quantitative estimate of drug-likeness (QED) is 0.523. The van der Waals surface area contributed by atoms with E-state index in [2.05, 4.69) is 10.0 Å². The zero-order chi connectivity index (χ0) is 22.4. The van der Waals surface area contributed by atoms with Gasteiger partial charge in [0.15, 0.2) is 0 Å². The molecule has 0 bridgehead atoms. The lowest BCUT2D eigenvalue weighted by Gasteiger charge is -2.11. The molecule has 0 atom stereocenters. The summed E-state index contributed by atoms with van der Waals surface area (Å²) in [6, 6.07) is 18.8. The third kappa shape index (κ3) is 5.52. The zero-order valence-electron chi connectivity index (χ0n) is 17.5. The molecular formula is C24H24N2O4S. The minimum absolute atomic E-state index is 0.107. The van der Waals surface area contributed by atoms with Crippen LogP contribution in [0.5, 0.6) is 5.75 Å². The van der Waals surface area contributed by atoms with Gasteiger partial charge in [0, 0.05) is 11.8 Å². The summed E-state index contributed by atoms with van der Waals surface area (Å²) in [5, 5.41) is 2.85. The first-order valence-electron chi connectivity index (χ1n) is 9.61. The highest BCUT2D eigenvalue weighted by Gasteiger charge is 2.16. The van der Waals surface area contributed by atoms with E-state index in [1.54, 1.807) is 42.5 Å². The van der Waals surface area contributed by atoms with Crippen molar-refractivity contribution in [1.82, 2.24) is 0 Å². The van der Waals surface area contributed by atoms with Crippen molar-refractivity contribution < 1.29 is 17.9 Å². The molecule has 0 saturated heterocycles. The summed E-state index contributed by atoms with van der Waals surface area (Å²) in [5.41, 5.74) is 3.93. The molecule has 0 unspecified atom stereocenters. The van der Waals surface area contributed by atoms with Crippen LogP contribution in [0.2, 0.25) is 0 Å². The highest BCUT2D eigenvalue weighted by molar-refractivity contribution is 7.92. The van der Waals surface area contributed by atoms with Gasteiger partial charge >= 0.3 is 0 Å². The molecule has 0 aromatic heterocycles. The van der Waals surface area contributed by atoms with E-state index >= 15 is 0 Å². The number of rotatable bonds is 7. The molecule has 160 valence electrons. The molecule has 0 saturated carbocycles. The molecule has 31 heavy (non-hydrogen) atoms. The molecule has 3 rings (SSSR count). The Bertz CT molecular complexity index is 1220. The van der Waals surface area contributed by atoms with E-state index in [-0.39, 0.29) is 10.8 Å². The number of hydrogen-bond donors (Lipinski definition) is 2. The summed E-state index contributed by atoms with van der Waals surface area (Å²) in [6.45, 7) is 3.94. The number of benzene rings is 3. The van der Waals surface area contributed by atoms with Gasteiger partial charge in [-0.1, -0.05) is 36.4 Å². The van der Waals surface area contributed by atoms with Crippen LogP contribution in [0.15, 0.2) is 77.7 Å². The van der Waals surface area contributed by atoms with Crippen LogP contribution in [-0.4, -0.2) is 21.4 Å². The molecular weight excluding hydrogens is 412 g/mol. The highest BCUT2D eigenvalue weighted by atomic mass is 32.2. The summed E-state index contributed by atoms with van der Waals surface area (Å²) in [5.74, 6) is 0.170. The van der Waals surface area contributed by atoms with Crippen LogP contribution in [0.4, 0.5) is 11.4 Å². The number of anilines is 2. The van der Waals surface area contributed by atoms with E-state index in [4.69, 9.17) is 4.74 Å². The van der Waals surface area contributed by atoms with Gasteiger partial charge in [0.1, 0.15) is 5.75 Å². The lowest BCUT2D eigenvalue weighted by molar-refractivity contribution is -0.111. The maximum absolute atomic E-state index is 12.7. The van der Waals surface area contributed by atoms with Gasteiger partial charge in [-0.3, -0.25) is 9.52 Å². The van der Waals surface area contributed by atoms with Crippen molar-refractivity contribution in [3.05, 3.63) is 89.5 Å². The Hall–Kier alpha value is -3.58. The molecule has 0 aliphatic heterocycles. The van der Waals surface area contributed by atoms with E-state index in [0.29, 0.717) is 17.0 Å². The monoisotopic (exact) mass is 436 g/mol. The van der Waals surface area contributed by atoms with Gasteiger partial charge in [0.05, 0.1) is 17.7 Å². The first-order valence-corrected chi connectivity index (χ1v) is 11.1. The second-order valence-electron chi connectivity index (χ2n) is 6.94. The van der Waals surface area contributed by atoms with Crippen molar-refractivity contribution in [3.8, 4) is 5.75 Å². The van der Waals surface area contributed by atoms with Crippen LogP contribution in [0.1, 0.15) is 16.7 Å². The standard InChI is InChI=1S/C24H24N2O4S/c1-17-7-6-9-21(18(17)2)25-24(27)16-13-19-11-14-20(15-12-19)31(28,29)26-22-8-4-5-10-23(22)30-3/h4-16,26H,1-3H3,(H,25,27). The lowest BCUT2D eigenvalue weighted by Crippen LogP contribution is -2.13. The molecule has 0 aliphatic rings. The molecule has 2 N–H and O–H groups in total. The van der Waals surface area contributed by atoms with Crippen molar-refractivity contribution >= 4 is 33.4 Å². The Labute approximate surface area is 182 Å². The van der Waals surface area contributed by atoms with Crippen LogP contribution < -0.4 is 14.8 Å². The van der Waals surface area contributed by atoms with Gasteiger partial charge in [0.2, 0.25) is 5.91 Å². The predicted octanol–water partition coefficient (Wildman–Crippen LogP) is 4.76. The van der Waals surface area contributed by atoms with Gasteiger partial charge < -0.3 is 10.1 Å². The normalized spacial score (nSPS) is 11.3. The SMILES string of the molecule is COc1ccccc1NS(=O)(=O)c1ccc(C=CC(=O)Nc2cccc(C)c2C)cc1. The van der Waals surface area contributed by atoms with Crippen molar-refractivity contribution in [1.29, 1.82) is 0 Å². The van der Waals surface area contributed by atoms with Crippen LogP contribution in [-0.2, 0) is 14.8 Å². The minimum Gasteiger partial charge on any atom is -0.495 e. The first kappa shape index (κ1) is 22.1. The molecule has 0 aliphatic carbocycles. The number of carbonyl (C=O) groups excluding carboxylic acids is 1. The van der Waals surface area contributed by atoms with Gasteiger partial charge in [0.25, 0.3) is 10.0 Å². The van der Waals surface area contributed by atoms with E-state index < -0.39 is 10.0 Å². The number of sulfonamides is 1. The molecule has 7 heteroatoms. The average Bonchev–Trinajstić information content (AvgIpc) is 2.76. The Morgan fingerprint density at radius 3 is 2.29 bits per heavy atom. The van der Waals surface area contributed by atoms with Crippen LogP contribution in [0.3, 0.4) is 0 Å². The molecule has 3 aromatic rings. The largest absolute Gasteiger partial charge is 0.495 e. The number of methoxy groups -OCH3 is 1. The molecule has 0 radical (unpaired) electrons. The van der Waals surface area contributed by atoms with Crippen molar-refractivity contribution in [2.75, 3.05) is 17.1 Å². The zero-order valence-corrected chi connectivity index (χ0v) is 18.4. The molecule has 0 heterocycles. The first-order chi connectivity index (χ1) is 14.8. The average molecular weight is 437 g/mol. The summed E-state index contributed by atoms with van der Waals surface area (Å²) in [6.07, 6.45) is 3.04. The smallest absolute Gasteiger partial charge is 0.262 e. The van der Waals surface area contributed by atoms with Crippen molar-refractivity contribution in [2.24, 2.45) is 0 Å². The number of carbonyl (C=O) groups is 1. The minimum atomic E-state index is -3.78. The summed E-state index contributed by atoms with van der Waals surface area (Å²) in [4.78, 5) is 12.3. The second kappa shape index (κ2) is 9.49. The predicted molar refractivity (Wildman–Crippen MR) is 124 cm³/mol. The third-order valence-electron chi connectivity index (χ3n) is 4.83. The van der Waals surface area contributed by atoms with E-state index in [0.717, 1.165) is 16.8 Å². The lowest BCUT2D eigenvalue weighted by atomic mass is 10.1. The maximum Gasteiger partial charge on any atom is 0.262 e. The Kier molecular flexibility index (Phi) is 6.77. The molecule has 0 fully saturated rings. The van der Waals surface area contributed by atoms with E-state index in [9.17, 15) is 13.2 Å². The van der Waals surface area contributed by atoms with E-state index in [1.165, 1.54) is 25.3 Å². The number of hydrogen-bond acceptors (Lipinski definition) is 4. The number of ether oxygens (including phenoxy) is 1. The van der Waals surface area contributed by atoms with Crippen molar-refractivity contribution in [3.63, 3.8) is 0 Å². The van der Waals surface area contributed by atoms with Crippen LogP contribution >= 0.6 is 0 Å². The van der Waals surface area contributed by atoms with Gasteiger partial charge in [-0.15, -0.1) is 0 Å². The van der Waals surface area contributed by atoms with Gasteiger partial charge in [-0.2, -0.15) is 0 Å². The molecule has 3 aromatic carbocycles. The molecule has 6 nitrogen and oxygen atoms in total. The number of nitrogens with one attached hydrogen (secondary N) is 2. The fraction of sp³-hybridized carbons (Fsp3) is 0.125.